The summed E-state index contributed by atoms with van der Waals surface area (Å²) in [6.07, 6.45) is 22.8. The number of pyridine rings is 1. The molecule has 1 fully saturated rings. The summed E-state index contributed by atoms with van der Waals surface area (Å²) in [5.41, 5.74) is 1.22. The van der Waals surface area contributed by atoms with E-state index < -0.39 is 5.91 Å². The van der Waals surface area contributed by atoms with E-state index in [1.54, 1.807) is 55.6 Å². The average Bonchev–Trinajstić information content (AvgIpc) is 3.52. The van der Waals surface area contributed by atoms with Crippen LogP contribution in [-0.4, -0.2) is 58.2 Å². The van der Waals surface area contributed by atoms with E-state index in [1.165, 1.54) is 7.11 Å². The molecule has 1 aliphatic rings. The Hall–Kier alpha value is -4.82. The van der Waals surface area contributed by atoms with Gasteiger partial charge in [0.1, 0.15) is 11.6 Å². The van der Waals surface area contributed by atoms with Gasteiger partial charge in [-0.15, -0.1) is 29.5 Å². The van der Waals surface area contributed by atoms with Crippen LogP contribution in [0.5, 0.6) is 0 Å². The van der Waals surface area contributed by atoms with Crippen molar-refractivity contribution >= 4 is 41.0 Å². The maximum Gasteiger partial charge on any atom is 0.320 e. The van der Waals surface area contributed by atoms with Gasteiger partial charge >= 0.3 is 23.8 Å². The lowest BCUT2D eigenvalue weighted by Gasteiger charge is -2.31. The minimum atomic E-state index is -0.539. The lowest BCUT2D eigenvalue weighted by molar-refractivity contribution is -0.146. The number of allylic oxidation sites excluding steroid dienone is 7. The van der Waals surface area contributed by atoms with Gasteiger partial charge in [0, 0.05) is 24.7 Å². The monoisotopic (exact) mass is 596 g/mol. The highest BCUT2D eigenvalue weighted by molar-refractivity contribution is 6.18. The number of halogens is 1. The fraction of sp³-hybridized carbons (Fsp3) is 0.300. The third-order valence-corrected chi connectivity index (χ3v) is 5.80. The first kappa shape index (κ1) is 35.2. The predicted molar refractivity (Wildman–Crippen MR) is 166 cm³/mol. The number of nitrogens with one attached hydrogen (secondary N) is 2. The molecule has 0 spiro atoms. The molecule has 0 bridgehead atoms. The zero-order chi connectivity index (χ0) is 31.3. The number of anilines is 3. The molecule has 11 nitrogen and oxygen atoms in total. The van der Waals surface area contributed by atoms with Crippen molar-refractivity contribution in [2.75, 3.05) is 41.6 Å². The number of aromatic nitrogens is 3. The second-order valence-electron chi connectivity index (χ2n) is 8.29. The Morgan fingerprint density at radius 1 is 1.19 bits per heavy atom. The number of aliphatic hydroxyl groups is 1. The van der Waals surface area contributed by atoms with Gasteiger partial charge in [-0.2, -0.15) is 0 Å². The Balaban J connectivity index is 0.000000762. The van der Waals surface area contributed by atoms with Crippen molar-refractivity contribution < 1.29 is 23.8 Å². The first-order chi connectivity index (χ1) is 20.3. The summed E-state index contributed by atoms with van der Waals surface area (Å²) in [6.45, 7) is 8.65. The van der Waals surface area contributed by atoms with Crippen molar-refractivity contribution in [1.82, 2.24) is 15.2 Å². The zero-order valence-electron chi connectivity index (χ0n) is 24.0. The summed E-state index contributed by atoms with van der Waals surface area (Å²) < 4.78 is 10.2. The number of terminal acetylenes is 1. The number of aliphatic hydroxyl groups excluding tert-OH is 1. The quantitative estimate of drug-likeness (QED) is 0.103. The topological polar surface area (TPSA) is 143 Å². The number of ether oxygens (including phenoxy) is 1. The molecule has 0 unspecified atom stereocenters. The number of carbonyl (C=O) groups is 2. The van der Waals surface area contributed by atoms with Crippen molar-refractivity contribution in [1.29, 1.82) is 0 Å². The first-order valence-electron chi connectivity index (χ1n) is 12.9. The molecule has 2 aromatic heterocycles. The van der Waals surface area contributed by atoms with E-state index >= 15 is 0 Å². The van der Waals surface area contributed by atoms with Crippen molar-refractivity contribution in [3.63, 3.8) is 0 Å². The molecule has 42 heavy (non-hydrogen) atoms. The minimum Gasteiger partial charge on any atom is -0.508 e. The van der Waals surface area contributed by atoms with E-state index in [-0.39, 0.29) is 29.6 Å². The smallest absolute Gasteiger partial charge is 0.320 e. The normalized spacial score (nSPS) is 13.9. The lowest BCUT2D eigenvalue weighted by atomic mass is 9.97. The molecular weight excluding hydrogens is 560 g/mol. The number of alkyl halides is 1. The van der Waals surface area contributed by atoms with Gasteiger partial charge in [-0.05, 0) is 57.0 Å². The number of hydrogen-bond donors (Lipinski definition) is 3. The summed E-state index contributed by atoms with van der Waals surface area (Å²) in [5, 5.41) is 21.9. The molecule has 3 N–H and O–H groups in total. The van der Waals surface area contributed by atoms with Gasteiger partial charge in [0.05, 0.1) is 24.9 Å². The van der Waals surface area contributed by atoms with E-state index in [0.29, 0.717) is 24.7 Å². The molecule has 3 heterocycles. The van der Waals surface area contributed by atoms with Gasteiger partial charge in [-0.3, -0.25) is 9.59 Å². The summed E-state index contributed by atoms with van der Waals surface area (Å²) >= 11 is 5.28. The van der Waals surface area contributed by atoms with Gasteiger partial charge in [0.2, 0.25) is 0 Å². The van der Waals surface area contributed by atoms with E-state index in [1.807, 2.05) is 19.1 Å². The number of rotatable bonds is 10. The van der Waals surface area contributed by atoms with Crippen LogP contribution in [-0.2, 0) is 9.53 Å². The minimum absolute atomic E-state index is 0.0643. The molecule has 0 aliphatic carbocycles. The molecule has 0 saturated carbocycles. The van der Waals surface area contributed by atoms with Gasteiger partial charge in [0.15, 0.2) is 0 Å². The number of esters is 1. The molecule has 0 atom stereocenters. The number of hydrogen-bond acceptors (Lipinski definition) is 10. The van der Waals surface area contributed by atoms with Crippen LogP contribution in [0.2, 0.25) is 0 Å². The molecule has 3 rings (SSSR count). The summed E-state index contributed by atoms with van der Waals surface area (Å²) in [5.74, 6) is 0.536. The van der Waals surface area contributed by atoms with Crippen LogP contribution in [0.25, 0.3) is 0 Å². The number of amides is 1. The predicted octanol–water partition coefficient (Wildman–Crippen LogP) is 5.66. The molecule has 1 aliphatic heterocycles. The Morgan fingerprint density at radius 2 is 1.90 bits per heavy atom. The fourth-order valence-corrected chi connectivity index (χ4v) is 3.56. The van der Waals surface area contributed by atoms with Crippen LogP contribution in [0, 0.1) is 18.8 Å². The van der Waals surface area contributed by atoms with Gasteiger partial charge in [0.25, 0.3) is 0 Å². The van der Waals surface area contributed by atoms with Crippen LogP contribution >= 0.6 is 11.6 Å². The van der Waals surface area contributed by atoms with E-state index in [4.69, 9.17) is 25.9 Å². The fourth-order valence-electron chi connectivity index (χ4n) is 3.47. The molecule has 0 aromatic carbocycles. The highest BCUT2D eigenvalue weighted by atomic mass is 35.5. The molecule has 224 valence electrons. The van der Waals surface area contributed by atoms with Crippen LogP contribution < -0.4 is 15.5 Å². The Bertz CT molecular complexity index is 1270. The largest absolute Gasteiger partial charge is 0.508 e. The number of nitrogens with zero attached hydrogens (tertiary/aromatic N) is 4. The maximum atomic E-state index is 12.4. The average molecular weight is 597 g/mol. The van der Waals surface area contributed by atoms with Crippen molar-refractivity contribution in [3.05, 3.63) is 84.8 Å². The summed E-state index contributed by atoms with van der Waals surface area (Å²) in [4.78, 5) is 30.6. The van der Waals surface area contributed by atoms with Crippen LogP contribution in [0.3, 0.4) is 0 Å². The van der Waals surface area contributed by atoms with Gasteiger partial charge in [-0.25, -0.2) is 4.98 Å². The van der Waals surface area contributed by atoms with Crippen molar-refractivity contribution in [3.8, 4) is 12.8 Å². The van der Waals surface area contributed by atoms with Gasteiger partial charge in [-0.1, -0.05) is 36.0 Å². The summed E-state index contributed by atoms with van der Waals surface area (Å²) in [6, 6.07) is 3.67. The van der Waals surface area contributed by atoms with E-state index in [2.05, 4.69) is 50.1 Å². The van der Waals surface area contributed by atoms with Crippen LogP contribution in [0.1, 0.15) is 37.4 Å². The highest BCUT2D eigenvalue weighted by Crippen LogP contribution is 2.23. The second kappa shape index (κ2) is 20.1. The Kier molecular flexibility index (Phi) is 16.9. The standard InChI is InChI=1S/C22H26N6O4.C6H9ClO.C2H2/c1-4-6-7-16(5-2)25-22-27-26-20(32-22)19(29)24-17-8-9-18(23-14-17)28-12-10-15(11-13-28)21(30)31-3;1-2-6(8)4-3-5-7;1-2/h4-9,14-15H,1,10-13H2,2-3H3,(H,24,29)(H,25,27);2-4,8H,5H2,1H3;1-2H/b7-6-,16-5+;4-3-,6-2+;. The maximum absolute atomic E-state index is 12.4. The Morgan fingerprint density at radius 3 is 2.45 bits per heavy atom. The Labute approximate surface area is 251 Å². The molecule has 12 heteroatoms. The number of carbonyl (C=O) groups excluding carboxylic acids is 2. The highest BCUT2D eigenvalue weighted by Gasteiger charge is 2.26. The molecule has 1 amide bonds. The lowest BCUT2D eigenvalue weighted by Crippen LogP contribution is -2.37. The van der Waals surface area contributed by atoms with E-state index in [9.17, 15) is 9.59 Å². The zero-order valence-corrected chi connectivity index (χ0v) is 24.8. The van der Waals surface area contributed by atoms with E-state index in [0.717, 1.165) is 24.4 Å². The van der Waals surface area contributed by atoms with Crippen LogP contribution in [0.15, 0.2) is 83.3 Å². The first-order valence-corrected chi connectivity index (χ1v) is 13.5. The number of piperidine rings is 1. The third kappa shape index (κ3) is 12.1. The molecule has 2 aromatic rings. The van der Waals surface area contributed by atoms with Crippen molar-refractivity contribution in [2.45, 2.75) is 26.7 Å². The second-order valence-corrected chi connectivity index (χ2v) is 8.60. The van der Waals surface area contributed by atoms with Crippen molar-refractivity contribution in [2.24, 2.45) is 5.92 Å². The molecule has 0 radical (unpaired) electrons. The van der Waals surface area contributed by atoms with Crippen LogP contribution in [0.4, 0.5) is 17.5 Å². The SMILES string of the molecule is C#C.C/C=C(O)\C=C/CCl.C=C/C=C\C(=C/C)Nc1nnc(C(=O)Nc2ccc(N3CCC(C(=O)OC)CC3)nc2)o1. The van der Waals surface area contributed by atoms with Gasteiger partial charge < -0.3 is 29.8 Å². The number of methoxy groups -OCH3 is 1. The molecule has 1 saturated heterocycles. The third-order valence-electron chi connectivity index (χ3n) is 5.63. The molecular formula is C30H37ClN6O5. The summed E-state index contributed by atoms with van der Waals surface area (Å²) in [7, 11) is 1.41.